The summed E-state index contributed by atoms with van der Waals surface area (Å²) >= 11 is 0. The predicted octanol–water partition coefficient (Wildman–Crippen LogP) is 2.98. The standard InChI is InChI=1S/C17H17FN4O/c1-23-9-8-22-11-15(13-6-7-20-16(19)10-13)17(21-22)12-2-4-14(18)5-3-12/h2-7,10-11H,8-9H2,1H3,(H2,19,20). The van der Waals surface area contributed by atoms with Crippen LogP contribution in [0, 0.1) is 5.82 Å². The molecule has 2 N–H and O–H groups in total. The average Bonchev–Trinajstić information content (AvgIpc) is 2.98. The summed E-state index contributed by atoms with van der Waals surface area (Å²) in [6.07, 6.45) is 3.60. The molecule has 0 aliphatic carbocycles. The second kappa shape index (κ2) is 6.58. The van der Waals surface area contributed by atoms with E-state index < -0.39 is 0 Å². The highest BCUT2D eigenvalue weighted by molar-refractivity contribution is 5.81. The van der Waals surface area contributed by atoms with E-state index in [-0.39, 0.29) is 5.82 Å². The van der Waals surface area contributed by atoms with Gasteiger partial charge in [0.05, 0.1) is 13.2 Å². The Balaban J connectivity index is 2.08. The van der Waals surface area contributed by atoms with Crippen molar-refractivity contribution in [3.63, 3.8) is 0 Å². The van der Waals surface area contributed by atoms with E-state index in [9.17, 15) is 4.39 Å². The summed E-state index contributed by atoms with van der Waals surface area (Å²) in [6, 6.07) is 9.95. The number of nitrogens with two attached hydrogens (primary N) is 1. The summed E-state index contributed by atoms with van der Waals surface area (Å²) in [5, 5.41) is 4.61. The molecule has 1 aromatic carbocycles. The third-order valence-corrected chi connectivity index (χ3v) is 3.50. The Bertz CT molecular complexity index is 799. The smallest absolute Gasteiger partial charge is 0.123 e. The van der Waals surface area contributed by atoms with E-state index in [1.807, 2.05) is 16.9 Å². The molecule has 6 heteroatoms. The van der Waals surface area contributed by atoms with E-state index in [2.05, 4.69) is 10.1 Å². The van der Waals surface area contributed by atoms with Crippen LogP contribution in [0.25, 0.3) is 22.4 Å². The third-order valence-electron chi connectivity index (χ3n) is 3.50. The number of ether oxygens (including phenoxy) is 1. The first-order chi connectivity index (χ1) is 11.2. The van der Waals surface area contributed by atoms with Gasteiger partial charge >= 0.3 is 0 Å². The zero-order valence-electron chi connectivity index (χ0n) is 12.7. The molecule has 23 heavy (non-hydrogen) atoms. The van der Waals surface area contributed by atoms with Crippen molar-refractivity contribution in [1.82, 2.24) is 14.8 Å². The molecule has 0 saturated heterocycles. The first-order valence-corrected chi connectivity index (χ1v) is 7.21. The first-order valence-electron chi connectivity index (χ1n) is 7.21. The first kappa shape index (κ1) is 15.2. The van der Waals surface area contributed by atoms with Gasteiger partial charge in [0, 0.05) is 30.6 Å². The molecule has 0 spiro atoms. The molecule has 0 atom stereocenters. The Kier molecular flexibility index (Phi) is 4.34. The maximum absolute atomic E-state index is 13.2. The number of pyridine rings is 1. The number of nitrogen functional groups attached to an aromatic ring is 1. The van der Waals surface area contributed by atoms with E-state index in [0.29, 0.717) is 19.0 Å². The monoisotopic (exact) mass is 312 g/mol. The Hall–Kier alpha value is -2.73. The summed E-state index contributed by atoms with van der Waals surface area (Å²) in [5.41, 5.74) is 9.23. The van der Waals surface area contributed by atoms with E-state index in [0.717, 1.165) is 22.4 Å². The summed E-state index contributed by atoms with van der Waals surface area (Å²) in [7, 11) is 1.65. The van der Waals surface area contributed by atoms with Crippen LogP contribution in [0.5, 0.6) is 0 Å². The van der Waals surface area contributed by atoms with Crippen molar-refractivity contribution in [1.29, 1.82) is 0 Å². The molecule has 0 aliphatic heterocycles. The Morgan fingerprint density at radius 3 is 2.65 bits per heavy atom. The largest absolute Gasteiger partial charge is 0.384 e. The van der Waals surface area contributed by atoms with Crippen LogP contribution in [-0.2, 0) is 11.3 Å². The fourth-order valence-electron chi connectivity index (χ4n) is 2.37. The van der Waals surface area contributed by atoms with Crippen molar-refractivity contribution in [2.75, 3.05) is 19.5 Å². The van der Waals surface area contributed by atoms with Gasteiger partial charge in [-0.05, 0) is 42.0 Å². The van der Waals surface area contributed by atoms with Gasteiger partial charge in [-0.25, -0.2) is 9.37 Å². The van der Waals surface area contributed by atoms with Crippen LogP contribution in [0.15, 0.2) is 48.8 Å². The lowest BCUT2D eigenvalue weighted by Gasteiger charge is -2.03. The fraction of sp³-hybridized carbons (Fsp3) is 0.176. The number of methoxy groups -OCH3 is 1. The van der Waals surface area contributed by atoms with Gasteiger partial charge in [-0.15, -0.1) is 0 Å². The zero-order valence-corrected chi connectivity index (χ0v) is 12.7. The topological polar surface area (TPSA) is 66.0 Å². The van der Waals surface area contributed by atoms with E-state index in [4.69, 9.17) is 10.5 Å². The van der Waals surface area contributed by atoms with Crippen molar-refractivity contribution in [2.45, 2.75) is 6.54 Å². The van der Waals surface area contributed by atoms with Gasteiger partial charge in [-0.1, -0.05) is 0 Å². The lowest BCUT2D eigenvalue weighted by molar-refractivity contribution is 0.183. The summed E-state index contributed by atoms with van der Waals surface area (Å²) in [4.78, 5) is 4.02. The SMILES string of the molecule is COCCn1cc(-c2ccnc(N)c2)c(-c2ccc(F)cc2)n1. The van der Waals surface area contributed by atoms with Crippen molar-refractivity contribution in [3.05, 3.63) is 54.6 Å². The van der Waals surface area contributed by atoms with Crippen LogP contribution < -0.4 is 5.73 Å². The number of nitrogens with zero attached hydrogens (tertiary/aromatic N) is 3. The maximum Gasteiger partial charge on any atom is 0.123 e. The quantitative estimate of drug-likeness (QED) is 0.786. The van der Waals surface area contributed by atoms with Gasteiger partial charge in [-0.3, -0.25) is 4.68 Å². The molecular weight excluding hydrogens is 295 g/mol. The molecule has 0 radical (unpaired) electrons. The van der Waals surface area contributed by atoms with Crippen LogP contribution >= 0.6 is 0 Å². The Morgan fingerprint density at radius 1 is 1.17 bits per heavy atom. The van der Waals surface area contributed by atoms with Crippen LogP contribution in [0.3, 0.4) is 0 Å². The molecule has 118 valence electrons. The molecule has 0 bridgehead atoms. The number of benzene rings is 1. The summed E-state index contributed by atoms with van der Waals surface area (Å²) < 4.78 is 20.1. The molecule has 0 aliphatic rings. The second-order valence-corrected chi connectivity index (χ2v) is 5.12. The number of aromatic nitrogens is 3. The molecule has 5 nitrogen and oxygen atoms in total. The fourth-order valence-corrected chi connectivity index (χ4v) is 2.37. The molecule has 2 aromatic heterocycles. The molecule has 3 aromatic rings. The summed E-state index contributed by atoms with van der Waals surface area (Å²) in [6.45, 7) is 1.19. The van der Waals surface area contributed by atoms with E-state index in [1.54, 1.807) is 31.5 Å². The minimum absolute atomic E-state index is 0.276. The number of halogens is 1. The van der Waals surface area contributed by atoms with Crippen molar-refractivity contribution in [2.24, 2.45) is 0 Å². The number of hydrogen-bond donors (Lipinski definition) is 1. The molecule has 2 heterocycles. The molecule has 0 unspecified atom stereocenters. The van der Waals surface area contributed by atoms with Crippen molar-refractivity contribution < 1.29 is 9.13 Å². The van der Waals surface area contributed by atoms with Crippen LogP contribution in [0.1, 0.15) is 0 Å². The van der Waals surface area contributed by atoms with Crippen LogP contribution in [0.4, 0.5) is 10.2 Å². The lowest BCUT2D eigenvalue weighted by atomic mass is 10.0. The lowest BCUT2D eigenvalue weighted by Crippen LogP contribution is -2.04. The van der Waals surface area contributed by atoms with Crippen molar-refractivity contribution in [3.8, 4) is 22.4 Å². The third kappa shape index (κ3) is 3.37. The van der Waals surface area contributed by atoms with Gasteiger partial charge in [0.1, 0.15) is 17.3 Å². The highest BCUT2D eigenvalue weighted by Crippen LogP contribution is 2.31. The minimum atomic E-state index is -0.276. The predicted molar refractivity (Wildman–Crippen MR) is 87.1 cm³/mol. The highest BCUT2D eigenvalue weighted by atomic mass is 19.1. The zero-order chi connectivity index (χ0) is 16.2. The Morgan fingerprint density at radius 2 is 1.96 bits per heavy atom. The highest BCUT2D eigenvalue weighted by Gasteiger charge is 2.13. The molecule has 3 rings (SSSR count). The van der Waals surface area contributed by atoms with E-state index >= 15 is 0 Å². The minimum Gasteiger partial charge on any atom is -0.384 e. The normalized spacial score (nSPS) is 10.9. The van der Waals surface area contributed by atoms with Crippen molar-refractivity contribution >= 4 is 5.82 Å². The van der Waals surface area contributed by atoms with Crippen LogP contribution in [-0.4, -0.2) is 28.5 Å². The second-order valence-electron chi connectivity index (χ2n) is 5.12. The molecular formula is C17H17FN4O. The van der Waals surface area contributed by atoms with Gasteiger partial charge in [0.2, 0.25) is 0 Å². The molecule has 0 amide bonds. The van der Waals surface area contributed by atoms with E-state index in [1.165, 1.54) is 12.1 Å². The van der Waals surface area contributed by atoms with Gasteiger partial charge < -0.3 is 10.5 Å². The number of anilines is 1. The number of hydrogen-bond acceptors (Lipinski definition) is 4. The maximum atomic E-state index is 13.2. The van der Waals surface area contributed by atoms with Gasteiger partial charge in [-0.2, -0.15) is 5.10 Å². The van der Waals surface area contributed by atoms with Gasteiger partial charge in [0.25, 0.3) is 0 Å². The average molecular weight is 312 g/mol. The van der Waals surface area contributed by atoms with Gasteiger partial charge in [0.15, 0.2) is 0 Å². The molecule has 0 saturated carbocycles. The molecule has 0 fully saturated rings. The van der Waals surface area contributed by atoms with Crippen LogP contribution in [0.2, 0.25) is 0 Å². The summed E-state index contributed by atoms with van der Waals surface area (Å²) in [5.74, 6) is 0.166. The number of rotatable bonds is 5. The Labute approximate surface area is 133 Å².